The first kappa shape index (κ1) is 14.9. The number of hydrogen-bond donors (Lipinski definition) is 1. The van der Waals surface area contributed by atoms with Gasteiger partial charge in [0.25, 0.3) is 0 Å². The molecule has 0 aromatic heterocycles. The highest BCUT2D eigenvalue weighted by atomic mass is 16.5. The summed E-state index contributed by atoms with van der Waals surface area (Å²) in [6.07, 6.45) is 2.35. The minimum atomic E-state index is 0.600. The lowest BCUT2D eigenvalue weighted by molar-refractivity contribution is 0.172. The number of likely N-dealkylation sites (N-methyl/N-ethyl adjacent to an activating group) is 2. The highest BCUT2D eigenvalue weighted by molar-refractivity contribution is 4.74. The van der Waals surface area contributed by atoms with Crippen LogP contribution in [0.3, 0.4) is 0 Å². The lowest BCUT2D eigenvalue weighted by Crippen LogP contribution is -2.42. The van der Waals surface area contributed by atoms with Crippen LogP contribution in [0.25, 0.3) is 0 Å². The van der Waals surface area contributed by atoms with Crippen LogP contribution >= 0.6 is 0 Å². The average Bonchev–Trinajstić information content (AvgIpc) is 2.25. The molecule has 0 bridgehead atoms. The molecule has 3 heteroatoms. The van der Waals surface area contributed by atoms with E-state index in [1.54, 1.807) is 7.11 Å². The molecule has 1 N–H and O–H groups in total. The molecule has 0 aromatic carbocycles. The molecule has 0 aromatic rings. The summed E-state index contributed by atoms with van der Waals surface area (Å²) >= 11 is 0. The van der Waals surface area contributed by atoms with E-state index in [1.807, 2.05) is 0 Å². The summed E-state index contributed by atoms with van der Waals surface area (Å²) in [5.74, 6) is 0.736. The fourth-order valence-electron chi connectivity index (χ4n) is 1.75. The zero-order chi connectivity index (χ0) is 11.7. The van der Waals surface area contributed by atoms with Crippen molar-refractivity contribution in [1.29, 1.82) is 0 Å². The van der Waals surface area contributed by atoms with Crippen molar-refractivity contribution in [2.24, 2.45) is 5.92 Å². The van der Waals surface area contributed by atoms with Crippen LogP contribution in [0.2, 0.25) is 0 Å². The molecule has 0 aliphatic carbocycles. The predicted octanol–water partition coefficient (Wildman–Crippen LogP) is 1.59. The molecular formula is C12H28N2O. The van der Waals surface area contributed by atoms with Gasteiger partial charge in [-0.2, -0.15) is 0 Å². The van der Waals surface area contributed by atoms with Crippen LogP contribution in [-0.4, -0.2) is 51.8 Å². The van der Waals surface area contributed by atoms with E-state index in [4.69, 9.17) is 4.74 Å². The summed E-state index contributed by atoms with van der Waals surface area (Å²) in [5.41, 5.74) is 0. The fraction of sp³-hybridized carbons (Fsp3) is 1.00. The van der Waals surface area contributed by atoms with Gasteiger partial charge in [0.1, 0.15) is 0 Å². The molecule has 92 valence electrons. The Morgan fingerprint density at radius 2 is 2.07 bits per heavy atom. The molecule has 0 aliphatic heterocycles. The van der Waals surface area contributed by atoms with Gasteiger partial charge in [0, 0.05) is 32.8 Å². The molecule has 3 nitrogen and oxygen atoms in total. The van der Waals surface area contributed by atoms with E-state index in [-0.39, 0.29) is 0 Å². The zero-order valence-corrected chi connectivity index (χ0v) is 11.0. The molecule has 0 fully saturated rings. The fourth-order valence-corrected chi connectivity index (χ4v) is 1.75. The summed E-state index contributed by atoms with van der Waals surface area (Å²) in [6, 6.07) is 0.600. The Bertz CT molecular complexity index is 142. The maximum absolute atomic E-state index is 5.05. The van der Waals surface area contributed by atoms with Crippen molar-refractivity contribution in [3.05, 3.63) is 0 Å². The molecule has 0 aliphatic rings. The number of nitrogens with one attached hydrogen (secondary N) is 1. The topological polar surface area (TPSA) is 24.5 Å². The Balaban J connectivity index is 3.74. The van der Waals surface area contributed by atoms with Crippen LogP contribution < -0.4 is 5.32 Å². The number of hydrogen-bond acceptors (Lipinski definition) is 3. The lowest BCUT2D eigenvalue weighted by Gasteiger charge is -2.27. The van der Waals surface area contributed by atoms with Gasteiger partial charge in [-0.3, -0.25) is 0 Å². The van der Waals surface area contributed by atoms with Crippen molar-refractivity contribution in [2.75, 3.05) is 40.9 Å². The normalized spacial score (nSPS) is 15.6. The van der Waals surface area contributed by atoms with Gasteiger partial charge in [-0.15, -0.1) is 0 Å². The van der Waals surface area contributed by atoms with E-state index >= 15 is 0 Å². The van der Waals surface area contributed by atoms with Crippen molar-refractivity contribution in [3.63, 3.8) is 0 Å². The van der Waals surface area contributed by atoms with Crippen molar-refractivity contribution >= 4 is 0 Å². The predicted molar refractivity (Wildman–Crippen MR) is 66.3 cm³/mol. The molecule has 0 radical (unpaired) electrons. The Morgan fingerprint density at radius 1 is 1.40 bits per heavy atom. The van der Waals surface area contributed by atoms with Gasteiger partial charge in [-0.25, -0.2) is 0 Å². The molecular weight excluding hydrogens is 188 g/mol. The molecule has 0 heterocycles. The van der Waals surface area contributed by atoms with Gasteiger partial charge in [0.15, 0.2) is 0 Å². The van der Waals surface area contributed by atoms with Crippen LogP contribution in [0.1, 0.15) is 26.7 Å². The summed E-state index contributed by atoms with van der Waals surface area (Å²) in [7, 11) is 6.00. The van der Waals surface area contributed by atoms with Crippen LogP contribution in [0.4, 0.5) is 0 Å². The van der Waals surface area contributed by atoms with Crippen LogP contribution in [0.15, 0.2) is 0 Å². The second-order valence-electron chi connectivity index (χ2n) is 4.39. The molecule has 0 amide bonds. The Morgan fingerprint density at radius 3 is 2.53 bits per heavy atom. The highest BCUT2D eigenvalue weighted by Gasteiger charge is 2.15. The summed E-state index contributed by atoms with van der Waals surface area (Å²) in [5, 5.41) is 3.40. The summed E-state index contributed by atoms with van der Waals surface area (Å²) in [6.45, 7) is 7.65. The first-order valence-electron chi connectivity index (χ1n) is 6.00. The second kappa shape index (κ2) is 9.13. The molecule has 2 atom stereocenters. The van der Waals surface area contributed by atoms with E-state index in [9.17, 15) is 0 Å². The SMILES string of the molecule is CCC(C)C(CN(C)CCCOC)NC. The van der Waals surface area contributed by atoms with Crippen molar-refractivity contribution in [1.82, 2.24) is 10.2 Å². The third kappa shape index (κ3) is 6.88. The Kier molecular flexibility index (Phi) is 9.06. The van der Waals surface area contributed by atoms with Gasteiger partial charge >= 0.3 is 0 Å². The molecule has 0 spiro atoms. The first-order valence-corrected chi connectivity index (χ1v) is 6.00. The van der Waals surface area contributed by atoms with E-state index in [2.05, 4.69) is 38.2 Å². The summed E-state index contributed by atoms with van der Waals surface area (Å²) in [4.78, 5) is 2.38. The number of nitrogens with zero attached hydrogens (tertiary/aromatic N) is 1. The van der Waals surface area contributed by atoms with Gasteiger partial charge in [0.05, 0.1) is 0 Å². The first-order chi connectivity index (χ1) is 7.15. The second-order valence-corrected chi connectivity index (χ2v) is 4.39. The maximum Gasteiger partial charge on any atom is 0.0474 e. The van der Waals surface area contributed by atoms with Crippen molar-refractivity contribution < 1.29 is 4.74 Å². The zero-order valence-electron chi connectivity index (χ0n) is 11.0. The van der Waals surface area contributed by atoms with E-state index in [0.717, 1.165) is 32.0 Å². The van der Waals surface area contributed by atoms with Gasteiger partial charge in [0.2, 0.25) is 0 Å². The van der Waals surface area contributed by atoms with Crippen LogP contribution in [0, 0.1) is 5.92 Å². The van der Waals surface area contributed by atoms with Gasteiger partial charge in [-0.05, 0) is 26.4 Å². The largest absolute Gasteiger partial charge is 0.385 e. The number of methoxy groups -OCH3 is 1. The smallest absolute Gasteiger partial charge is 0.0474 e. The molecule has 0 saturated carbocycles. The molecule has 15 heavy (non-hydrogen) atoms. The number of rotatable bonds is 9. The Hall–Kier alpha value is -0.120. The van der Waals surface area contributed by atoms with Crippen LogP contribution in [-0.2, 0) is 4.74 Å². The van der Waals surface area contributed by atoms with Crippen molar-refractivity contribution in [2.45, 2.75) is 32.7 Å². The van der Waals surface area contributed by atoms with Crippen molar-refractivity contribution in [3.8, 4) is 0 Å². The monoisotopic (exact) mass is 216 g/mol. The maximum atomic E-state index is 5.05. The van der Waals surface area contributed by atoms with E-state index in [0.29, 0.717) is 6.04 Å². The highest BCUT2D eigenvalue weighted by Crippen LogP contribution is 2.08. The minimum Gasteiger partial charge on any atom is -0.385 e. The summed E-state index contributed by atoms with van der Waals surface area (Å²) < 4.78 is 5.05. The molecule has 2 unspecified atom stereocenters. The molecule has 0 saturated heterocycles. The number of ether oxygens (including phenoxy) is 1. The average molecular weight is 216 g/mol. The van der Waals surface area contributed by atoms with Gasteiger partial charge < -0.3 is 15.0 Å². The quantitative estimate of drug-likeness (QED) is 0.592. The molecule has 0 rings (SSSR count). The third-order valence-corrected chi connectivity index (χ3v) is 3.10. The van der Waals surface area contributed by atoms with E-state index < -0.39 is 0 Å². The third-order valence-electron chi connectivity index (χ3n) is 3.10. The standard InChI is InChI=1S/C12H28N2O/c1-6-11(2)12(13-3)10-14(4)8-7-9-15-5/h11-13H,6-10H2,1-5H3. The minimum absolute atomic E-state index is 0.600. The lowest BCUT2D eigenvalue weighted by atomic mass is 9.99. The van der Waals surface area contributed by atoms with Gasteiger partial charge in [-0.1, -0.05) is 20.3 Å². The van der Waals surface area contributed by atoms with Crippen LogP contribution in [0.5, 0.6) is 0 Å². The van der Waals surface area contributed by atoms with E-state index in [1.165, 1.54) is 6.42 Å². The Labute approximate surface area is 95.2 Å².